The van der Waals surface area contributed by atoms with Gasteiger partial charge in [-0.3, -0.25) is 9.53 Å². The van der Waals surface area contributed by atoms with Gasteiger partial charge >= 0.3 is 12.5 Å². The number of amides is 1. The highest BCUT2D eigenvalue weighted by molar-refractivity contribution is 6.34. The van der Waals surface area contributed by atoms with Gasteiger partial charge in [0.2, 0.25) is 5.88 Å². The van der Waals surface area contributed by atoms with Gasteiger partial charge in [-0.1, -0.05) is 17.7 Å². The fraction of sp³-hybridized carbons (Fsp3) is 0.381. The number of nitrogens with one attached hydrogen (secondary N) is 1. The molecule has 3 N–H and O–H groups in total. The van der Waals surface area contributed by atoms with E-state index in [4.69, 9.17) is 22.1 Å². The summed E-state index contributed by atoms with van der Waals surface area (Å²) in [4.78, 5) is 16.3. The van der Waals surface area contributed by atoms with E-state index in [2.05, 4.69) is 20.1 Å². The number of rotatable bonds is 9. The van der Waals surface area contributed by atoms with Crippen molar-refractivity contribution in [3.8, 4) is 5.88 Å². The summed E-state index contributed by atoms with van der Waals surface area (Å²) in [6.45, 7) is -1.88. The van der Waals surface area contributed by atoms with Gasteiger partial charge in [0.15, 0.2) is 11.4 Å². The van der Waals surface area contributed by atoms with E-state index in [1.165, 1.54) is 18.2 Å². The molecule has 8 nitrogen and oxygen atoms in total. The summed E-state index contributed by atoms with van der Waals surface area (Å²) >= 11 is 6.12. The number of allylic oxidation sites excluding steroid dienone is 1. The smallest absolute Gasteiger partial charge is 0.474 e. The van der Waals surface area contributed by atoms with Gasteiger partial charge in [-0.25, -0.2) is 9.67 Å². The Kier molecular flexibility index (Phi) is 8.19. The lowest BCUT2D eigenvalue weighted by molar-refractivity contribution is -0.325. The van der Waals surface area contributed by atoms with Gasteiger partial charge in [0, 0.05) is 31.1 Å². The van der Waals surface area contributed by atoms with Gasteiger partial charge in [0.1, 0.15) is 6.61 Å². The van der Waals surface area contributed by atoms with Gasteiger partial charge in [-0.2, -0.15) is 13.2 Å². The Bertz CT molecular complexity index is 1170. The minimum atomic E-state index is -5.00. The van der Waals surface area contributed by atoms with E-state index in [-0.39, 0.29) is 22.2 Å². The van der Waals surface area contributed by atoms with Gasteiger partial charge in [0.05, 0.1) is 17.2 Å². The van der Waals surface area contributed by atoms with Crippen molar-refractivity contribution in [2.24, 2.45) is 17.8 Å². The van der Waals surface area contributed by atoms with Crippen molar-refractivity contribution in [1.82, 2.24) is 15.1 Å². The van der Waals surface area contributed by atoms with E-state index in [1.807, 2.05) is 0 Å². The normalized spacial score (nSPS) is 14.9. The molecule has 1 aromatic carbocycles. The summed E-state index contributed by atoms with van der Waals surface area (Å²) in [5.74, 6) is -2.05. The van der Waals surface area contributed by atoms with Crippen LogP contribution in [0.2, 0.25) is 5.02 Å². The molecular weight excluding hydrogens is 520 g/mol. The second-order valence-electron chi connectivity index (χ2n) is 7.59. The molecule has 1 aliphatic rings. The molecule has 0 aliphatic heterocycles. The monoisotopic (exact) mass is 539 g/mol. The van der Waals surface area contributed by atoms with Crippen molar-refractivity contribution >= 4 is 35.1 Å². The van der Waals surface area contributed by atoms with Crippen LogP contribution in [0.3, 0.4) is 0 Å². The maximum Gasteiger partial charge on any atom is 0.522 e. The predicted molar refractivity (Wildman–Crippen MR) is 118 cm³/mol. The fourth-order valence-electron chi connectivity index (χ4n) is 3.00. The van der Waals surface area contributed by atoms with E-state index in [0.717, 1.165) is 37.0 Å². The van der Waals surface area contributed by atoms with Crippen molar-refractivity contribution in [2.45, 2.75) is 31.4 Å². The third kappa shape index (κ3) is 7.13. The number of nitrogens with two attached hydrogens (primary N) is 1. The third-order valence-corrected chi connectivity index (χ3v) is 5.15. The number of hydrogen-bond donors (Lipinski definition) is 2. The highest BCUT2D eigenvalue weighted by Gasteiger charge is 2.41. The maximum absolute atomic E-state index is 13.7. The Hall–Kier alpha value is -3.26. The van der Waals surface area contributed by atoms with Crippen LogP contribution in [0.1, 0.15) is 34.3 Å². The zero-order valence-electron chi connectivity index (χ0n) is 18.6. The van der Waals surface area contributed by atoms with Crippen LogP contribution < -0.4 is 15.8 Å². The largest absolute Gasteiger partial charge is 0.522 e. The molecule has 15 heteroatoms. The van der Waals surface area contributed by atoms with Gasteiger partial charge in [-0.15, -0.1) is 18.3 Å². The number of nitrogens with zero attached hydrogens (tertiary/aromatic N) is 3. The van der Waals surface area contributed by atoms with E-state index < -0.39 is 48.9 Å². The molecule has 0 spiro atoms. The summed E-state index contributed by atoms with van der Waals surface area (Å²) in [6.07, 6.45) is -6.14. The molecule has 0 unspecified atom stereocenters. The molecule has 1 aromatic heterocycles. The minimum Gasteiger partial charge on any atom is -0.474 e. The molecule has 1 amide bonds. The average molecular weight is 540 g/mol. The fourth-order valence-corrected chi connectivity index (χ4v) is 3.20. The summed E-state index contributed by atoms with van der Waals surface area (Å²) in [6, 6.07) is 4.44. The average Bonchev–Trinajstić information content (AvgIpc) is 3.52. The van der Waals surface area contributed by atoms with E-state index in [0.29, 0.717) is 5.56 Å². The summed E-state index contributed by atoms with van der Waals surface area (Å²) < 4.78 is 86.4. The number of aryl methyl sites for hydroxylation is 1. The summed E-state index contributed by atoms with van der Waals surface area (Å²) in [7, 11) is 1.15. The molecule has 0 atom stereocenters. The Morgan fingerprint density at radius 3 is 2.56 bits per heavy atom. The number of hydrogen-bond acceptors (Lipinski definition) is 6. The predicted octanol–water partition coefficient (Wildman–Crippen LogP) is 4.60. The standard InChI is InChI=1S/C21H20ClF6N5O3/c1-33-17(16(20(23,24)25)19(32-33)35-6-7-36-21(26,27)28)30-10-12(9-29)11-2-5-15(22)14(8-11)18(34)31-13-3-4-13/h2,5,8-10,13H,3-4,6-7,29H2,1H3,(H,31,34). The molecule has 2 aromatic rings. The lowest BCUT2D eigenvalue weighted by atomic mass is 10.0. The minimum absolute atomic E-state index is 0.0744. The van der Waals surface area contributed by atoms with Crippen LogP contribution in [0, 0.1) is 0 Å². The topological polar surface area (TPSA) is 104 Å². The number of benzene rings is 1. The Morgan fingerprint density at radius 1 is 1.28 bits per heavy atom. The van der Waals surface area contributed by atoms with Gasteiger partial charge in [-0.05, 0) is 30.5 Å². The number of aliphatic imine (C=N–C) groups is 1. The van der Waals surface area contributed by atoms with Crippen LogP contribution in [-0.4, -0.2) is 47.5 Å². The van der Waals surface area contributed by atoms with Crippen LogP contribution in [-0.2, 0) is 18.0 Å². The first-order valence-electron chi connectivity index (χ1n) is 10.3. The first kappa shape index (κ1) is 27.3. The number of halogens is 7. The molecule has 0 radical (unpaired) electrons. The number of alkyl halides is 6. The highest BCUT2D eigenvalue weighted by Crippen LogP contribution is 2.42. The molecule has 1 aliphatic carbocycles. The summed E-state index contributed by atoms with van der Waals surface area (Å²) in [5, 5.41) is 6.53. The number of carbonyl (C=O) groups is 1. The number of carbonyl (C=O) groups excluding carboxylic acids is 1. The van der Waals surface area contributed by atoms with Crippen molar-refractivity contribution in [3.63, 3.8) is 0 Å². The van der Waals surface area contributed by atoms with Crippen LogP contribution in [0.5, 0.6) is 5.88 Å². The zero-order chi connectivity index (χ0) is 26.7. The second kappa shape index (κ2) is 10.8. The lowest BCUT2D eigenvalue weighted by Gasteiger charge is -2.10. The highest BCUT2D eigenvalue weighted by atomic mass is 35.5. The Labute approximate surface area is 205 Å². The lowest BCUT2D eigenvalue weighted by Crippen LogP contribution is -2.25. The van der Waals surface area contributed by atoms with Crippen molar-refractivity contribution in [2.75, 3.05) is 13.2 Å². The van der Waals surface area contributed by atoms with Crippen LogP contribution >= 0.6 is 11.6 Å². The van der Waals surface area contributed by atoms with Crippen molar-refractivity contribution in [3.05, 3.63) is 46.1 Å². The molecular formula is C21H20ClF6N5O3. The van der Waals surface area contributed by atoms with E-state index in [9.17, 15) is 31.1 Å². The Balaban J connectivity index is 1.85. The summed E-state index contributed by atoms with van der Waals surface area (Å²) in [5.41, 5.74) is 4.91. The number of ether oxygens (including phenoxy) is 2. The van der Waals surface area contributed by atoms with Gasteiger partial charge < -0.3 is 15.8 Å². The number of aromatic nitrogens is 2. The van der Waals surface area contributed by atoms with E-state index in [1.54, 1.807) is 0 Å². The van der Waals surface area contributed by atoms with Crippen LogP contribution in [0.15, 0.2) is 29.4 Å². The maximum atomic E-state index is 13.7. The molecule has 0 bridgehead atoms. The van der Waals surface area contributed by atoms with Crippen molar-refractivity contribution < 1.29 is 40.6 Å². The molecule has 3 rings (SSSR count). The molecule has 1 saturated carbocycles. The molecule has 0 saturated heterocycles. The SMILES string of the molecule is Cn1nc(OCCOC(F)(F)F)c(C(F)(F)F)c1N=CC(=CN)c1ccc(Cl)c(C(=O)NC2CC2)c1. The third-order valence-electron chi connectivity index (χ3n) is 4.82. The molecule has 196 valence electrons. The zero-order valence-corrected chi connectivity index (χ0v) is 19.3. The van der Waals surface area contributed by atoms with Crippen LogP contribution in [0.4, 0.5) is 32.2 Å². The van der Waals surface area contributed by atoms with E-state index >= 15 is 0 Å². The second-order valence-corrected chi connectivity index (χ2v) is 8.00. The molecule has 1 heterocycles. The molecule has 36 heavy (non-hydrogen) atoms. The first-order chi connectivity index (χ1) is 16.8. The first-order valence-corrected chi connectivity index (χ1v) is 10.7. The van der Waals surface area contributed by atoms with Crippen molar-refractivity contribution in [1.29, 1.82) is 0 Å². The molecule has 1 fully saturated rings. The Morgan fingerprint density at radius 2 is 1.97 bits per heavy atom. The van der Waals surface area contributed by atoms with Gasteiger partial charge in [0.25, 0.3) is 5.91 Å². The quantitative estimate of drug-likeness (QED) is 0.275. The van der Waals surface area contributed by atoms with Crippen LogP contribution in [0.25, 0.3) is 5.57 Å².